The molecule has 1 atom stereocenters. The molecule has 0 radical (unpaired) electrons. The van der Waals surface area contributed by atoms with Crippen molar-refractivity contribution in [2.75, 3.05) is 6.54 Å². The first kappa shape index (κ1) is 23.5. The fourth-order valence-electron chi connectivity index (χ4n) is 4.85. The summed E-state index contributed by atoms with van der Waals surface area (Å²) in [6, 6.07) is 12.0. The van der Waals surface area contributed by atoms with E-state index in [0.29, 0.717) is 17.9 Å². The van der Waals surface area contributed by atoms with Crippen molar-refractivity contribution in [3.05, 3.63) is 84.1 Å². The van der Waals surface area contributed by atoms with E-state index in [0.717, 1.165) is 46.3 Å². The molecule has 8 heteroatoms. The molecular formula is C27H29FN4O2S. The van der Waals surface area contributed by atoms with Crippen LogP contribution in [-0.2, 0) is 16.6 Å². The molecule has 1 aliphatic heterocycles. The highest BCUT2D eigenvalue weighted by molar-refractivity contribution is 7.89. The summed E-state index contributed by atoms with van der Waals surface area (Å²) in [6.07, 6.45) is 8.98. The van der Waals surface area contributed by atoms with Crippen molar-refractivity contribution in [3.8, 4) is 5.69 Å². The number of hydrogen-bond donors (Lipinski definition) is 0. The molecule has 2 aromatic heterocycles. The van der Waals surface area contributed by atoms with Gasteiger partial charge in [-0.25, -0.2) is 17.5 Å². The van der Waals surface area contributed by atoms with Gasteiger partial charge in [-0.1, -0.05) is 13.0 Å². The van der Waals surface area contributed by atoms with Gasteiger partial charge in [-0.05, 0) is 85.9 Å². The maximum Gasteiger partial charge on any atom is 0.245 e. The third kappa shape index (κ3) is 4.32. The molecule has 0 spiro atoms. The first-order valence-electron chi connectivity index (χ1n) is 11.9. The van der Waals surface area contributed by atoms with Crippen LogP contribution in [0.5, 0.6) is 0 Å². The number of fused-ring (bicyclic) bond motifs is 1. The monoisotopic (exact) mass is 492 g/mol. The molecule has 0 aliphatic carbocycles. The Morgan fingerprint density at radius 1 is 1.14 bits per heavy atom. The molecule has 2 aromatic carbocycles. The van der Waals surface area contributed by atoms with E-state index in [1.165, 1.54) is 12.1 Å². The first-order valence-corrected chi connectivity index (χ1v) is 13.3. The molecule has 4 aromatic rings. The summed E-state index contributed by atoms with van der Waals surface area (Å²) >= 11 is 0. The van der Waals surface area contributed by atoms with Crippen LogP contribution in [-0.4, -0.2) is 39.7 Å². The standard InChI is InChI=1S/C27H29FN4O2S/c1-4-11-30-12-10-25(18-30)35(33,34)31-13-9-21(15-20(31)3)26-16-22-17-29-32(27(22)14-19(26)2)24-7-5-23(28)6-8-24/h5-10,12,14,16-18,20H,4,11,13,15H2,1-3H3/t20-/m1/s1. The molecule has 0 unspecified atom stereocenters. The highest BCUT2D eigenvalue weighted by Gasteiger charge is 2.32. The SMILES string of the molecule is CCCn1ccc(S(=O)(=O)N2CC=C(c3cc4cnn(-c5ccc(F)cc5)c4cc3C)C[C@H]2C)c1. The summed E-state index contributed by atoms with van der Waals surface area (Å²) in [7, 11) is -3.56. The minimum absolute atomic E-state index is 0.161. The first-order chi connectivity index (χ1) is 16.8. The van der Waals surface area contributed by atoms with E-state index in [1.807, 2.05) is 34.6 Å². The van der Waals surface area contributed by atoms with Gasteiger partial charge < -0.3 is 4.57 Å². The van der Waals surface area contributed by atoms with E-state index in [2.05, 4.69) is 31.1 Å². The van der Waals surface area contributed by atoms with Crippen molar-refractivity contribution in [2.24, 2.45) is 0 Å². The molecule has 0 saturated heterocycles. The van der Waals surface area contributed by atoms with Crippen LogP contribution < -0.4 is 0 Å². The summed E-state index contributed by atoms with van der Waals surface area (Å²) in [6.45, 7) is 7.23. The van der Waals surface area contributed by atoms with Gasteiger partial charge in [0.15, 0.2) is 0 Å². The molecule has 182 valence electrons. The second-order valence-corrected chi connectivity index (χ2v) is 11.1. The summed E-state index contributed by atoms with van der Waals surface area (Å²) in [4.78, 5) is 0.348. The maximum absolute atomic E-state index is 13.3. The Hall–Kier alpha value is -3.23. The lowest BCUT2D eigenvalue weighted by Crippen LogP contribution is -2.41. The Labute approximate surface area is 205 Å². The predicted octanol–water partition coefficient (Wildman–Crippen LogP) is 5.55. The van der Waals surface area contributed by atoms with Crippen molar-refractivity contribution in [1.29, 1.82) is 0 Å². The van der Waals surface area contributed by atoms with Gasteiger partial charge in [0.05, 0.1) is 22.3 Å². The van der Waals surface area contributed by atoms with E-state index in [1.54, 1.807) is 28.7 Å². The van der Waals surface area contributed by atoms with E-state index in [-0.39, 0.29) is 11.9 Å². The largest absolute Gasteiger partial charge is 0.353 e. The summed E-state index contributed by atoms with van der Waals surface area (Å²) in [5, 5.41) is 5.50. The Kier molecular flexibility index (Phi) is 6.11. The minimum atomic E-state index is -3.56. The normalized spacial score (nSPS) is 17.1. The highest BCUT2D eigenvalue weighted by Crippen LogP contribution is 2.34. The molecule has 0 fully saturated rings. The lowest BCUT2D eigenvalue weighted by atomic mass is 9.92. The van der Waals surface area contributed by atoms with Crippen molar-refractivity contribution in [3.63, 3.8) is 0 Å². The van der Waals surface area contributed by atoms with E-state index in [4.69, 9.17) is 0 Å². The fraction of sp³-hybridized carbons (Fsp3) is 0.296. The third-order valence-electron chi connectivity index (χ3n) is 6.67. The van der Waals surface area contributed by atoms with Gasteiger partial charge >= 0.3 is 0 Å². The molecule has 3 heterocycles. The molecule has 0 bridgehead atoms. The zero-order valence-corrected chi connectivity index (χ0v) is 21.0. The summed E-state index contributed by atoms with van der Waals surface area (Å²) in [5.41, 5.74) is 5.08. The van der Waals surface area contributed by atoms with Crippen LogP contribution in [0.2, 0.25) is 0 Å². The quantitative estimate of drug-likeness (QED) is 0.355. The number of benzene rings is 2. The highest BCUT2D eigenvalue weighted by atomic mass is 32.2. The number of aryl methyl sites for hydroxylation is 2. The second-order valence-electron chi connectivity index (χ2n) is 9.20. The van der Waals surface area contributed by atoms with Gasteiger partial charge in [0.2, 0.25) is 10.0 Å². The summed E-state index contributed by atoms with van der Waals surface area (Å²) < 4.78 is 45.3. The summed E-state index contributed by atoms with van der Waals surface area (Å²) in [5.74, 6) is -0.281. The van der Waals surface area contributed by atoms with Crippen LogP contribution in [0.3, 0.4) is 0 Å². The molecular weight excluding hydrogens is 463 g/mol. The van der Waals surface area contributed by atoms with E-state index in [9.17, 15) is 12.8 Å². The average Bonchev–Trinajstić information content (AvgIpc) is 3.47. The van der Waals surface area contributed by atoms with Gasteiger partial charge in [0, 0.05) is 36.9 Å². The van der Waals surface area contributed by atoms with Crippen molar-refractivity contribution in [1.82, 2.24) is 18.7 Å². The van der Waals surface area contributed by atoms with Gasteiger partial charge in [-0.15, -0.1) is 0 Å². The second kappa shape index (κ2) is 9.09. The molecule has 35 heavy (non-hydrogen) atoms. The fourth-order valence-corrected chi connectivity index (χ4v) is 6.45. The molecule has 5 rings (SSSR count). The van der Waals surface area contributed by atoms with Gasteiger partial charge in [0.1, 0.15) is 5.82 Å². The lowest BCUT2D eigenvalue weighted by Gasteiger charge is -2.32. The van der Waals surface area contributed by atoms with Gasteiger partial charge in [-0.2, -0.15) is 9.40 Å². The van der Waals surface area contributed by atoms with Crippen molar-refractivity contribution < 1.29 is 12.8 Å². The third-order valence-corrected chi connectivity index (χ3v) is 8.63. The molecule has 1 aliphatic rings. The zero-order valence-electron chi connectivity index (χ0n) is 20.1. The van der Waals surface area contributed by atoms with E-state index < -0.39 is 10.0 Å². The Morgan fingerprint density at radius 2 is 1.91 bits per heavy atom. The number of nitrogens with zero attached hydrogens (tertiary/aromatic N) is 4. The average molecular weight is 493 g/mol. The van der Waals surface area contributed by atoms with Gasteiger partial charge in [-0.3, -0.25) is 0 Å². The molecule has 0 saturated carbocycles. The Morgan fingerprint density at radius 3 is 2.63 bits per heavy atom. The van der Waals surface area contributed by atoms with Gasteiger partial charge in [0.25, 0.3) is 0 Å². The van der Waals surface area contributed by atoms with Crippen LogP contribution in [0.4, 0.5) is 4.39 Å². The smallest absolute Gasteiger partial charge is 0.245 e. The predicted molar refractivity (Wildman–Crippen MR) is 136 cm³/mol. The topological polar surface area (TPSA) is 60.1 Å². The number of hydrogen-bond acceptors (Lipinski definition) is 3. The molecule has 0 N–H and O–H groups in total. The minimum Gasteiger partial charge on any atom is -0.353 e. The Balaban J connectivity index is 1.43. The molecule has 6 nitrogen and oxygen atoms in total. The molecule has 0 amide bonds. The number of sulfonamides is 1. The van der Waals surface area contributed by atoms with Crippen LogP contribution in [0.15, 0.2) is 72.0 Å². The zero-order chi connectivity index (χ0) is 24.7. The number of rotatable bonds is 6. The number of halogens is 1. The van der Waals surface area contributed by atoms with Crippen molar-refractivity contribution >= 4 is 26.5 Å². The van der Waals surface area contributed by atoms with Crippen LogP contribution >= 0.6 is 0 Å². The maximum atomic E-state index is 13.3. The lowest BCUT2D eigenvalue weighted by molar-refractivity contribution is 0.357. The van der Waals surface area contributed by atoms with E-state index >= 15 is 0 Å². The number of aromatic nitrogens is 3. The van der Waals surface area contributed by atoms with Crippen LogP contribution in [0.25, 0.3) is 22.2 Å². The van der Waals surface area contributed by atoms with Crippen molar-refractivity contribution in [2.45, 2.75) is 51.1 Å². The van der Waals surface area contributed by atoms with Crippen LogP contribution in [0, 0.1) is 12.7 Å². The Bertz CT molecular complexity index is 1520. The van der Waals surface area contributed by atoms with Crippen LogP contribution in [0.1, 0.15) is 37.8 Å².